The Hall–Kier alpha value is -6.42. The van der Waals surface area contributed by atoms with Crippen LogP contribution >= 0.6 is 0 Å². The largest absolute Gasteiger partial charge is 0.508 e. The first kappa shape index (κ1) is 47.5. The minimum atomic E-state index is -2.90. The molecule has 2 amide bonds. The number of fused-ring (bicyclic) bond motifs is 6. The number of hydrogen-bond donors (Lipinski definition) is 12. The molecule has 2 aromatic carbocycles. The molecule has 0 aromatic heterocycles. The maximum Gasteiger partial charge on any atom is 0.255 e. The molecular weight excluding hydrogens is 865 g/mol. The van der Waals surface area contributed by atoms with Crippen molar-refractivity contribution in [2.24, 2.45) is 35.1 Å². The summed E-state index contributed by atoms with van der Waals surface area (Å²) in [7, 11) is 5.85. The number of aryl methyl sites for hydroxylation is 2. The van der Waals surface area contributed by atoms with E-state index in [9.17, 15) is 79.8 Å². The van der Waals surface area contributed by atoms with Crippen molar-refractivity contribution in [2.75, 3.05) is 28.2 Å². The number of primary amides is 2. The molecule has 0 spiro atoms. The fourth-order valence-electron chi connectivity index (χ4n) is 11.6. The van der Waals surface area contributed by atoms with Crippen LogP contribution in [0.4, 0.5) is 0 Å². The molecule has 20 nitrogen and oxygen atoms in total. The average Bonchev–Trinajstić information content (AvgIpc) is 3.22. The van der Waals surface area contributed by atoms with Crippen molar-refractivity contribution in [3.8, 4) is 11.5 Å². The zero-order valence-corrected chi connectivity index (χ0v) is 37.1. The molecule has 6 aliphatic rings. The smallest absolute Gasteiger partial charge is 0.255 e. The summed E-state index contributed by atoms with van der Waals surface area (Å²) in [6, 6.07) is 3.56. The molecule has 20 heteroatoms. The molecule has 12 atom stereocenters. The maximum atomic E-state index is 13.7. The molecule has 0 aliphatic heterocycles. The fraction of sp³-hybridized carbons (Fsp3) is 0.435. The Morgan fingerprint density at radius 2 is 1.00 bits per heavy atom. The summed E-state index contributed by atoms with van der Waals surface area (Å²) < 4.78 is 0. The van der Waals surface area contributed by atoms with Crippen molar-refractivity contribution < 1.29 is 79.8 Å². The van der Waals surface area contributed by atoms with Gasteiger partial charge in [0.05, 0.1) is 47.3 Å². The minimum absolute atomic E-state index is 0.00834. The highest BCUT2D eigenvalue weighted by atomic mass is 16.4. The number of phenols is 2. The Bertz CT molecular complexity index is 2670. The average molecular weight is 917 g/mol. The lowest BCUT2D eigenvalue weighted by atomic mass is 9.54. The highest BCUT2D eigenvalue weighted by molar-refractivity contribution is 6.26. The number of aliphatic hydroxyl groups is 8. The second-order valence-corrected chi connectivity index (χ2v) is 18.5. The molecule has 66 heavy (non-hydrogen) atoms. The van der Waals surface area contributed by atoms with E-state index in [0.717, 1.165) is 0 Å². The Kier molecular flexibility index (Phi) is 11.2. The van der Waals surface area contributed by atoms with Gasteiger partial charge in [-0.1, -0.05) is 32.0 Å². The lowest BCUT2D eigenvalue weighted by molar-refractivity contribution is -0.170. The predicted octanol–water partition coefficient (Wildman–Crippen LogP) is -0.392. The molecule has 8 rings (SSSR count). The second-order valence-electron chi connectivity index (χ2n) is 18.5. The zero-order valence-electron chi connectivity index (χ0n) is 37.1. The number of aromatic hydroxyl groups is 2. The molecule has 352 valence electrons. The summed E-state index contributed by atoms with van der Waals surface area (Å²) in [4.78, 5) is 80.2. The first-order valence-electron chi connectivity index (χ1n) is 20.9. The van der Waals surface area contributed by atoms with Gasteiger partial charge in [-0.05, 0) is 82.2 Å². The monoisotopic (exact) mass is 916 g/mol. The molecule has 2 aromatic rings. The Morgan fingerprint density at radius 3 is 1.41 bits per heavy atom. The van der Waals surface area contributed by atoms with Gasteiger partial charge in [0.1, 0.15) is 45.7 Å². The van der Waals surface area contributed by atoms with Gasteiger partial charge in [-0.15, -0.1) is 0 Å². The number of nitrogens with zero attached hydrogens (tertiary/aromatic N) is 2. The number of benzene rings is 2. The van der Waals surface area contributed by atoms with Crippen LogP contribution in [0, 0.1) is 37.5 Å². The van der Waals surface area contributed by atoms with Gasteiger partial charge in [0, 0.05) is 23.0 Å². The van der Waals surface area contributed by atoms with Gasteiger partial charge in [0.2, 0.25) is 11.6 Å². The summed E-state index contributed by atoms with van der Waals surface area (Å²) in [6.07, 6.45) is -3.19. The molecule has 2 fully saturated rings. The molecule has 2 saturated carbocycles. The third-order valence-electron chi connectivity index (χ3n) is 14.7. The van der Waals surface area contributed by atoms with Crippen LogP contribution in [-0.2, 0) is 28.8 Å². The number of aliphatic hydroxyl groups excluding tert-OH is 6. The third-order valence-corrected chi connectivity index (χ3v) is 14.7. The number of phenolic OH excluding ortho intramolecular Hbond substituents is 2. The van der Waals surface area contributed by atoms with Crippen LogP contribution in [0.1, 0.15) is 59.1 Å². The number of nitrogens with two attached hydrogens (primary N) is 2. The lowest BCUT2D eigenvalue weighted by Crippen LogP contribution is -2.70. The molecule has 0 heterocycles. The SMILES string of the molecule is Cc1ccc(O)c2c1[C@H](C)C1C(=C2O)C(=O)[C@]2(O)C(O)=C(C(N)=O)C(=O)[C@@H](N(C)C)C2[C@H]1O.Cc1ccc2c(c1O)C(O)=C1C(=O)[C@]3(O)C(O)=C(C(N)=O)C(=O)[C@@H](N(C)C)C3[C@@H](O)C1[C@H]2C. The van der Waals surface area contributed by atoms with Crippen LogP contribution in [-0.4, -0.2) is 159 Å². The first-order valence-corrected chi connectivity index (χ1v) is 20.9. The van der Waals surface area contributed by atoms with Crippen LogP contribution in [0.5, 0.6) is 11.5 Å². The van der Waals surface area contributed by atoms with Gasteiger partial charge in [-0.3, -0.25) is 38.6 Å². The van der Waals surface area contributed by atoms with E-state index in [0.29, 0.717) is 22.3 Å². The van der Waals surface area contributed by atoms with Gasteiger partial charge in [0.15, 0.2) is 22.8 Å². The number of carbonyl (C=O) groups is 6. The number of hydrogen-bond acceptors (Lipinski definition) is 18. The number of amides is 2. The van der Waals surface area contributed by atoms with E-state index >= 15 is 0 Å². The third kappa shape index (κ3) is 5.98. The van der Waals surface area contributed by atoms with Crippen LogP contribution < -0.4 is 11.5 Å². The molecule has 6 aliphatic carbocycles. The maximum absolute atomic E-state index is 13.7. The standard InChI is InChI=1S/2C23H26N2O8/c1-7-5-6-9(26)12-10(7)8(2)11-13(17(12)27)20(30)23(33)15(18(11)28)16(25(3)4)19(29)14(21(23)31)22(24)32;1-7-5-6-9-8(2)10-12(17(27)11(9)16(7)26)20(30)23(33)14(18(10)28)15(25(3)4)19(29)13(21(23)31)22(24)32/h5-6,8,11,15-16,18,26-28,31,33H,1-4H3,(H2,24,32);5-6,8,10,14-15,18,26-28,31,33H,1-4H3,(H2,24,32)/t8-,11?,15?,16-,18-,23-;8-,10?,14?,15-,18-,23-/m00/s1. The van der Waals surface area contributed by atoms with Gasteiger partial charge in [0.25, 0.3) is 11.8 Å². The van der Waals surface area contributed by atoms with Crippen molar-refractivity contribution in [1.82, 2.24) is 9.80 Å². The lowest BCUT2D eigenvalue weighted by Gasteiger charge is -2.53. The fourth-order valence-corrected chi connectivity index (χ4v) is 11.6. The molecule has 0 bridgehead atoms. The summed E-state index contributed by atoms with van der Waals surface area (Å²) >= 11 is 0. The van der Waals surface area contributed by atoms with Crippen molar-refractivity contribution in [3.63, 3.8) is 0 Å². The topological polar surface area (TPSA) is 363 Å². The molecule has 0 saturated heterocycles. The summed E-state index contributed by atoms with van der Waals surface area (Å²) in [5.41, 5.74) is 4.19. The highest BCUT2D eigenvalue weighted by Crippen LogP contribution is 2.58. The molecular formula is C46H52N4O16. The first-order chi connectivity index (χ1) is 30.6. The van der Waals surface area contributed by atoms with Gasteiger partial charge in [-0.2, -0.15) is 0 Å². The highest BCUT2D eigenvalue weighted by Gasteiger charge is 2.70. The van der Waals surface area contributed by atoms with E-state index in [1.54, 1.807) is 45.9 Å². The van der Waals surface area contributed by atoms with Crippen LogP contribution in [0.15, 0.2) is 58.1 Å². The Morgan fingerprint density at radius 1 is 0.606 bits per heavy atom. The van der Waals surface area contributed by atoms with E-state index in [1.165, 1.54) is 44.1 Å². The van der Waals surface area contributed by atoms with Crippen molar-refractivity contribution in [1.29, 1.82) is 0 Å². The number of rotatable bonds is 4. The Balaban J connectivity index is 0.000000196. The summed E-state index contributed by atoms with van der Waals surface area (Å²) in [5.74, 6) is -17.7. The minimum Gasteiger partial charge on any atom is -0.508 e. The van der Waals surface area contributed by atoms with E-state index in [1.807, 2.05) is 0 Å². The van der Waals surface area contributed by atoms with Crippen LogP contribution in [0.25, 0.3) is 11.5 Å². The summed E-state index contributed by atoms with van der Waals surface area (Å²) in [6.45, 7) is 6.74. The van der Waals surface area contributed by atoms with E-state index in [4.69, 9.17) is 11.5 Å². The predicted molar refractivity (Wildman–Crippen MR) is 230 cm³/mol. The van der Waals surface area contributed by atoms with Gasteiger partial charge < -0.3 is 62.5 Å². The Labute approximate surface area is 376 Å². The number of carbonyl (C=O) groups excluding carboxylic acids is 6. The van der Waals surface area contributed by atoms with Crippen molar-refractivity contribution in [2.45, 2.75) is 75.0 Å². The van der Waals surface area contributed by atoms with Gasteiger partial charge in [-0.25, -0.2) is 0 Å². The van der Waals surface area contributed by atoms with Crippen LogP contribution in [0.2, 0.25) is 0 Å². The second kappa shape index (κ2) is 15.6. The zero-order chi connectivity index (χ0) is 49.5. The van der Waals surface area contributed by atoms with E-state index < -0.39 is 151 Å². The number of Topliss-reactive ketones (excluding diaryl/α,β-unsaturated/α-hetero) is 4. The van der Waals surface area contributed by atoms with Crippen LogP contribution in [0.3, 0.4) is 0 Å². The van der Waals surface area contributed by atoms with Crippen molar-refractivity contribution in [3.05, 3.63) is 91.5 Å². The normalized spacial score (nSPS) is 33.7. The van der Waals surface area contributed by atoms with Gasteiger partial charge >= 0.3 is 0 Å². The van der Waals surface area contributed by atoms with E-state index in [-0.39, 0.29) is 22.6 Å². The molecule has 0 radical (unpaired) electrons. The molecule has 14 N–H and O–H groups in total. The van der Waals surface area contributed by atoms with E-state index in [2.05, 4.69) is 0 Å². The number of ketones is 4. The quantitative estimate of drug-likeness (QED) is 0.174. The number of likely N-dealkylation sites (N-methyl/N-ethyl adjacent to an activating group) is 2. The molecule has 4 unspecified atom stereocenters. The van der Waals surface area contributed by atoms with Crippen molar-refractivity contribution >= 4 is 46.5 Å². The summed E-state index contributed by atoms with van der Waals surface area (Å²) in [5, 5.41) is 111.